The van der Waals surface area contributed by atoms with Gasteiger partial charge in [0, 0.05) is 19.3 Å². The number of pyridine rings is 1. The van der Waals surface area contributed by atoms with Gasteiger partial charge in [0.25, 0.3) is 5.91 Å². The van der Waals surface area contributed by atoms with Gasteiger partial charge in [-0.05, 0) is 25.0 Å². The van der Waals surface area contributed by atoms with E-state index in [1.54, 1.807) is 4.90 Å². The zero-order chi connectivity index (χ0) is 15.2. The van der Waals surface area contributed by atoms with Crippen molar-refractivity contribution in [3.8, 4) is 0 Å². The van der Waals surface area contributed by atoms with Gasteiger partial charge in [0.15, 0.2) is 0 Å². The molecule has 1 N–H and O–H groups in total. The number of halogens is 1. The third kappa shape index (κ3) is 4.49. The first-order valence-electron chi connectivity index (χ1n) is 6.80. The van der Waals surface area contributed by atoms with Gasteiger partial charge in [0.2, 0.25) is 5.95 Å². The van der Waals surface area contributed by atoms with Crippen molar-refractivity contribution < 1.29 is 23.8 Å². The number of nitrogens with zero attached hydrogens (tertiary/aromatic N) is 2. The summed E-state index contributed by atoms with van der Waals surface area (Å²) in [6.45, 7) is 1.26. The molecule has 0 radical (unpaired) electrons. The molecule has 0 saturated carbocycles. The van der Waals surface area contributed by atoms with Gasteiger partial charge >= 0.3 is 5.97 Å². The largest absolute Gasteiger partial charge is 0.481 e. The Morgan fingerprint density at radius 1 is 1.38 bits per heavy atom. The summed E-state index contributed by atoms with van der Waals surface area (Å²) < 4.78 is 18.2. The Bertz CT molecular complexity index is 498. The van der Waals surface area contributed by atoms with Gasteiger partial charge in [0.1, 0.15) is 0 Å². The number of carbonyl (C=O) groups excluding carboxylic acids is 1. The van der Waals surface area contributed by atoms with Crippen LogP contribution in [0, 0.1) is 5.95 Å². The van der Waals surface area contributed by atoms with E-state index in [2.05, 4.69) is 4.98 Å². The molecule has 1 aliphatic rings. The van der Waals surface area contributed by atoms with Crippen molar-refractivity contribution in [1.29, 1.82) is 0 Å². The molecule has 1 aromatic rings. The minimum Gasteiger partial charge on any atom is -0.481 e. The first kappa shape index (κ1) is 15.4. The second-order valence-corrected chi connectivity index (χ2v) is 4.88. The highest BCUT2D eigenvalue weighted by molar-refractivity contribution is 5.93. The molecule has 0 aliphatic carbocycles. The summed E-state index contributed by atoms with van der Waals surface area (Å²) in [5.41, 5.74) is 0.363. The van der Waals surface area contributed by atoms with Gasteiger partial charge in [-0.25, -0.2) is 4.98 Å². The van der Waals surface area contributed by atoms with E-state index in [4.69, 9.17) is 9.84 Å². The molecule has 2 rings (SSSR count). The Kier molecular flexibility index (Phi) is 5.21. The summed E-state index contributed by atoms with van der Waals surface area (Å²) in [6, 6.07) is 2.58. The van der Waals surface area contributed by atoms with Crippen molar-refractivity contribution in [1.82, 2.24) is 9.88 Å². The van der Waals surface area contributed by atoms with Crippen molar-refractivity contribution in [2.75, 3.05) is 19.7 Å². The van der Waals surface area contributed by atoms with E-state index in [1.807, 2.05) is 0 Å². The monoisotopic (exact) mass is 296 g/mol. The van der Waals surface area contributed by atoms with Crippen molar-refractivity contribution in [2.24, 2.45) is 0 Å². The molecular weight excluding hydrogens is 279 g/mol. The van der Waals surface area contributed by atoms with Crippen LogP contribution >= 0.6 is 0 Å². The van der Waals surface area contributed by atoms with Crippen LogP contribution in [0.1, 0.15) is 29.6 Å². The summed E-state index contributed by atoms with van der Waals surface area (Å²) >= 11 is 0. The Labute approximate surface area is 121 Å². The van der Waals surface area contributed by atoms with Gasteiger partial charge < -0.3 is 14.7 Å². The topological polar surface area (TPSA) is 79.7 Å². The highest BCUT2D eigenvalue weighted by Gasteiger charge is 2.24. The fourth-order valence-corrected chi connectivity index (χ4v) is 2.22. The van der Waals surface area contributed by atoms with E-state index >= 15 is 0 Å². The number of rotatable bonds is 5. The summed E-state index contributed by atoms with van der Waals surface area (Å²) in [7, 11) is 0. The fourth-order valence-electron chi connectivity index (χ4n) is 2.22. The lowest BCUT2D eigenvalue weighted by molar-refractivity contribution is -0.138. The van der Waals surface area contributed by atoms with Crippen molar-refractivity contribution in [2.45, 2.75) is 25.4 Å². The summed E-state index contributed by atoms with van der Waals surface area (Å²) in [4.78, 5) is 27.7. The third-order valence-electron chi connectivity index (χ3n) is 3.37. The smallest absolute Gasteiger partial charge is 0.305 e. The predicted molar refractivity (Wildman–Crippen MR) is 71.3 cm³/mol. The van der Waals surface area contributed by atoms with Crippen LogP contribution in [0.5, 0.6) is 0 Å². The van der Waals surface area contributed by atoms with E-state index in [9.17, 15) is 14.0 Å². The number of hydrogen-bond donors (Lipinski definition) is 1. The molecular formula is C14H17FN2O4. The van der Waals surface area contributed by atoms with E-state index in [0.717, 1.165) is 6.07 Å². The van der Waals surface area contributed by atoms with Gasteiger partial charge in [-0.15, -0.1) is 0 Å². The van der Waals surface area contributed by atoms with Gasteiger partial charge in [-0.1, -0.05) is 0 Å². The van der Waals surface area contributed by atoms with Crippen LogP contribution < -0.4 is 0 Å². The van der Waals surface area contributed by atoms with E-state index in [1.165, 1.54) is 12.3 Å². The second-order valence-electron chi connectivity index (χ2n) is 4.88. The zero-order valence-electron chi connectivity index (χ0n) is 11.5. The van der Waals surface area contributed by atoms with Crippen LogP contribution in [0.15, 0.2) is 18.3 Å². The van der Waals surface area contributed by atoms with Crippen LogP contribution in [-0.2, 0) is 9.53 Å². The molecule has 1 aromatic heterocycles. The number of amides is 1. The molecule has 0 bridgehead atoms. The molecule has 2 heterocycles. The van der Waals surface area contributed by atoms with Gasteiger partial charge in [0.05, 0.1) is 24.7 Å². The third-order valence-corrected chi connectivity index (χ3v) is 3.37. The Morgan fingerprint density at radius 3 is 2.67 bits per heavy atom. The standard InChI is InChI=1S/C14H17FN2O4/c15-12-2-1-10(9-16-12)14(20)17-6-3-11(4-7-17)21-8-5-13(18)19/h1-2,9,11H,3-8H2,(H,18,19). The maximum atomic E-state index is 12.7. The van der Waals surface area contributed by atoms with Crippen LogP contribution in [0.25, 0.3) is 0 Å². The molecule has 1 amide bonds. The number of carbonyl (C=O) groups is 2. The average Bonchev–Trinajstić information content (AvgIpc) is 2.48. The minimum atomic E-state index is -0.883. The second kappa shape index (κ2) is 7.12. The predicted octanol–water partition coefficient (Wildman–Crippen LogP) is 1.32. The maximum absolute atomic E-state index is 12.7. The van der Waals surface area contributed by atoms with Crippen LogP contribution in [0.2, 0.25) is 0 Å². The number of carboxylic acids is 1. The number of hydrogen-bond acceptors (Lipinski definition) is 4. The molecule has 21 heavy (non-hydrogen) atoms. The highest BCUT2D eigenvalue weighted by atomic mass is 19.1. The molecule has 0 unspecified atom stereocenters. The lowest BCUT2D eigenvalue weighted by Gasteiger charge is -2.31. The molecule has 1 saturated heterocycles. The maximum Gasteiger partial charge on any atom is 0.305 e. The normalized spacial score (nSPS) is 16.0. The Hall–Kier alpha value is -2.02. The van der Waals surface area contributed by atoms with Crippen molar-refractivity contribution >= 4 is 11.9 Å². The first-order valence-corrected chi connectivity index (χ1v) is 6.80. The van der Waals surface area contributed by atoms with Gasteiger partial charge in [-0.3, -0.25) is 9.59 Å². The molecule has 114 valence electrons. The molecule has 0 atom stereocenters. The van der Waals surface area contributed by atoms with Crippen LogP contribution in [0.3, 0.4) is 0 Å². The fraction of sp³-hybridized carbons (Fsp3) is 0.500. The summed E-state index contributed by atoms with van der Waals surface area (Å²) in [6.07, 6.45) is 2.53. The number of aliphatic carboxylic acids is 1. The number of likely N-dealkylation sites (tertiary alicyclic amines) is 1. The average molecular weight is 296 g/mol. The summed E-state index contributed by atoms with van der Waals surface area (Å²) in [5.74, 6) is -1.67. The molecule has 6 nitrogen and oxygen atoms in total. The molecule has 0 aromatic carbocycles. The van der Waals surface area contributed by atoms with E-state index in [0.29, 0.717) is 31.5 Å². The SMILES string of the molecule is O=C(O)CCOC1CCN(C(=O)c2ccc(F)nc2)CC1. The number of ether oxygens (including phenoxy) is 1. The van der Waals surface area contributed by atoms with Crippen molar-refractivity contribution in [3.63, 3.8) is 0 Å². The lowest BCUT2D eigenvalue weighted by Crippen LogP contribution is -2.41. The molecule has 1 aliphatic heterocycles. The molecule has 0 spiro atoms. The van der Waals surface area contributed by atoms with Crippen LogP contribution in [-0.4, -0.2) is 52.7 Å². The number of carboxylic acid groups (broad SMARTS) is 1. The Balaban J connectivity index is 1.79. The van der Waals surface area contributed by atoms with Crippen molar-refractivity contribution in [3.05, 3.63) is 29.8 Å². The number of aromatic nitrogens is 1. The number of piperidine rings is 1. The van der Waals surface area contributed by atoms with E-state index < -0.39 is 11.9 Å². The minimum absolute atomic E-state index is 0.0135. The molecule has 1 fully saturated rings. The highest BCUT2D eigenvalue weighted by Crippen LogP contribution is 2.16. The van der Waals surface area contributed by atoms with Gasteiger partial charge in [-0.2, -0.15) is 4.39 Å². The van der Waals surface area contributed by atoms with E-state index in [-0.39, 0.29) is 25.0 Å². The first-order chi connectivity index (χ1) is 10.1. The lowest BCUT2D eigenvalue weighted by atomic mass is 10.1. The summed E-state index contributed by atoms with van der Waals surface area (Å²) in [5, 5.41) is 8.54. The Morgan fingerprint density at radius 2 is 2.10 bits per heavy atom. The zero-order valence-corrected chi connectivity index (χ0v) is 11.5. The van der Waals surface area contributed by atoms with Crippen LogP contribution in [0.4, 0.5) is 4.39 Å². The molecule has 7 heteroatoms. The quantitative estimate of drug-likeness (QED) is 0.829.